The minimum absolute atomic E-state index is 0.0307. The first kappa shape index (κ1) is 33.8. The Kier molecular flexibility index (Phi) is 7.17. The minimum atomic E-state index is -1.68. The average Bonchev–Trinajstić information content (AvgIpc) is 3.38. The van der Waals surface area contributed by atoms with Crippen LogP contribution in [-0.2, 0) is 9.53 Å². The fourth-order valence-electron chi connectivity index (χ4n) is 13.2. The molecule has 2 bridgehead atoms. The van der Waals surface area contributed by atoms with Gasteiger partial charge in [-0.3, -0.25) is 4.79 Å². The van der Waals surface area contributed by atoms with Crippen molar-refractivity contribution in [3.8, 4) is 11.5 Å². The number of benzene rings is 1. The fourth-order valence-corrected chi connectivity index (χ4v) is 13.2. The second-order valence-corrected chi connectivity index (χ2v) is 17.7. The highest BCUT2D eigenvalue weighted by molar-refractivity contribution is 5.96. The third-order valence-electron chi connectivity index (χ3n) is 15.8. The van der Waals surface area contributed by atoms with Crippen LogP contribution in [0.2, 0.25) is 0 Å². The average molecular weight is 681 g/mol. The maximum Gasteiger partial charge on any atom is 0.160 e. The first-order chi connectivity index (χ1) is 22.9. The van der Waals surface area contributed by atoms with Crippen molar-refractivity contribution in [3.63, 3.8) is 0 Å². The van der Waals surface area contributed by atoms with Gasteiger partial charge in [-0.2, -0.15) is 0 Å². The molecule has 268 valence electrons. The van der Waals surface area contributed by atoms with Gasteiger partial charge in [-0.15, -0.1) is 0 Å². The normalized spacial score (nSPS) is 54.2. The Labute approximate surface area is 287 Å². The van der Waals surface area contributed by atoms with Crippen LogP contribution in [0.25, 0.3) is 0 Å². The monoisotopic (exact) mass is 680 g/mol. The van der Waals surface area contributed by atoms with Crippen molar-refractivity contribution in [2.45, 2.75) is 120 Å². The lowest BCUT2D eigenvalue weighted by molar-refractivity contribution is -0.244. The van der Waals surface area contributed by atoms with Crippen molar-refractivity contribution in [1.29, 1.82) is 0 Å². The van der Waals surface area contributed by atoms with E-state index < -0.39 is 69.8 Å². The molecule has 16 atom stereocenters. The molecule has 10 heteroatoms. The molecule has 0 aromatic heterocycles. The zero-order valence-corrected chi connectivity index (χ0v) is 28.8. The van der Waals surface area contributed by atoms with Gasteiger partial charge < -0.3 is 45.6 Å². The van der Waals surface area contributed by atoms with Gasteiger partial charge in [-0.05, 0) is 84.1 Å². The molecule has 1 spiro atoms. The molecule has 8 aliphatic rings. The molecule has 1 saturated heterocycles. The number of carbonyl (C=O) groups is 1. The molecule has 0 radical (unpaired) electrons. The van der Waals surface area contributed by atoms with Crippen molar-refractivity contribution in [1.82, 2.24) is 0 Å². The van der Waals surface area contributed by atoms with Gasteiger partial charge in [0.1, 0.15) is 11.2 Å². The lowest BCUT2D eigenvalue weighted by Crippen LogP contribution is -2.69. The maximum atomic E-state index is 14.4. The van der Waals surface area contributed by atoms with Crippen LogP contribution in [0.3, 0.4) is 0 Å². The Morgan fingerprint density at radius 2 is 1.71 bits per heavy atom. The molecule has 9 rings (SSSR count). The summed E-state index contributed by atoms with van der Waals surface area (Å²) in [7, 11) is 0. The van der Waals surface area contributed by atoms with Gasteiger partial charge in [-0.1, -0.05) is 45.9 Å². The lowest BCUT2D eigenvalue weighted by Gasteiger charge is -2.62. The third-order valence-corrected chi connectivity index (χ3v) is 15.8. The Balaban J connectivity index is 1.23. The summed E-state index contributed by atoms with van der Waals surface area (Å²) in [6.45, 7) is 7.71. The number of ketones is 1. The predicted octanol–water partition coefficient (Wildman–Crippen LogP) is 2.84. The number of phenolic OH excluding ortho intramolecular Hbond substituents is 2. The summed E-state index contributed by atoms with van der Waals surface area (Å²) in [6, 6.07) is 4.19. The number of fused-ring (bicyclic) bond motifs is 9. The van der Waals surface area contributed by atoms with Gasteiger partial charge >= 0.3 is 0 Å². The summed E-state index contributed by atoms with van der Waals surface area (Å²) in [5.41, 5.74) is -5.75. The van der Waals surface area contributed by atoms with E-state index in [2.05, 4.69) is 19.1 Å². The van der Waals surface area contributed by atoms with Gasteiger partial charge in [0.05, 0.1) is 30.0 Å². The van der Waals surface area contributed by atoms with Crippen LogP contribution < -0.4 is 0 Å². The topological polar surface area (TPSA) is 188 Å². The van der Waals surface area contributed by atoms with Crippen molar-refractivity contribution < 1.29 is 50.4 Å². The zero-order chi connectivity index (χ0) is 35.3. The number of ether oxygens (including phenoxy) is 1. The molecule has 1 aromatic carbocycles. The maximum absolute atomic E-state index is 14.4. The van der Waals surface area contributed by atoms with E-state index in [9.17, 15) is 45.6 Å². The van der Waals surface area contributed by atoms with E-state index in [-0.39, 0.29) is 66.3 Å². The molecule has 5 fully saturated rings. The van der Waals surface area contributed by atoms with Gasteiger partial charge in [0.2, 0.25) is 0 Å². The van der Waals surface area contributed by atoms with Gasteiger partial charge in [0, 0.05) is 48.5 Å². The van der Waals surface area contributed by atoms with E-state index in [0.29, 0.717) is 24.0 Å². The van der Waals surface area contributed by atoms with Gasteiger partial charge in [0.25, 0.3) is 0 Å². The smallest absolute Gasteiger partial charge is 0.160 e. The number of phenols is 2. The molecular weight excluding hydrogens is 628 g/mol. The van der Waals surface area contributed by atoms with E-state index in [1.807, 2.05) is 20.8 Å². The number of aliphatic hydroxyl groups excluding tert-OH is 4. The van der Waals surface area contributed by atoms with Crippen molar-refractivity contribution >= 4 is 5.78 Å². The summed E-state index contributed by atoms with van der Waals surface area (Å²) < 4.78 is 7.06. The summed E-state index contributed by atoms with van der Waals surface area (Å²) >= 11 is 0. The zero-order valence-electron chi connectivity index (χ0n) is 28.8. The predicted molar refractivity (Wildman–Crippen MR) is 177 cm³/mol. The molecule has 4 saturated carbocycles. The molecular formula is C39H52O10. The van der Waals surface area contributed by atoms with Gasteiger partial charge in [0.15, 0.2) is 17.3 Å². The molecule has 49 heavy (non-hydrogen) atoms. The SMILES string of the molecule is C[C@@H]1[C@H](O)[C@@]2(O[C@H]3C[C@@]4(O)C5=CC(=O)[C@@H]6[C@H](c7ccc(O)c(O)c7)[C@@H](O)[C@@H](O)C[C@]6(C)[C@H]5CC[C@]4(C)[C@H]3[C@]2(O)CCO)[C@@H]2C=C[C@@]1(C)CC2. The molecule has 0 unspecified atom stereocenters. The largest absolute Gasteiger partial charge is 0.504 e. The second-order valence-electron chi connectivity index (χ2n) is 17.7. The molecule has 0 amide bonds. The van der Waals surface area contributed by atoms with Crippen LogP contribution in [-0.4, -0.2) is 94.5 Å². The number of aromatic hydroxyl groups is 2. The quantitative estimate of drug-likeness (QED) is 0.174. The summed E-state index contributed by atoms with van der Waals surface area (Å²) in [4.78, 5) is 14.4. The van der Waals surface area contributed by atoms with Crippen LogP contribution in [0.4, 0.5) is 0 Å². The molecule has 1 heterocycles. The highest BCUT2D eigenvalue weighted by Crippen LogP contribution is 2.74. The lowest BCUT2D eigenvalue weighted by atomic mass is 9.43. The number of carbonyl (C=O) groups excluding carboxylic acids is 1. The summed E-state index contributed by atoms with van der Waals surface area (Å²) in [6.07, 6.45) is 4.38. The molecule has 10 nitrogen and oxygen atoms in total. The number of rotatable bonds is 3. The third kappa shape index (κ3) is 3.89. The highest BCUT2D eigenvalue weighted by Gasteiger charge is 2.81. The Bertz CT molecular complexity index is 1640. The number of allylic oxidation sites excluding steroid dienone is 2. The van der Waals surface area contributed by atoms with Crippen LogP contribution >= 0.6 is 0 Å². The summed E-state index contributed by atoms with van der Waals surface area (Å²) in [5, 5.41) is 91.8. The van der Waals surface area contributed by atoms with Crippen molar-refractivity contribution in [2.24, 2.45) is 45.8 Å². The number of aliphatic hydroxyl groups is 6. The number of hydrogen-bond donors (Lipinski definition) is 8. The van der Waals surface area contributed by atoms with Gasteiger partial charge in [-0.25, -0.2) is 0 Å². The van der Waals surface area contributed by atoms with Crippen LogP contribution in [0.5, 0.6) is 11.5 Å². The van der Waals surface area contributed by atoms with E-state index in [4.69, 9.17) is 4.74 Å². The van der Waals surface area contributed by atoms with Crippen LogP contribution in [0, 0.1) is 45.8 Å². The van der Waals surface area contributed by atoms with E-state index in [1.165, 1.54) is 18.2 Å². The van der Waals surface area contributed by atoms with Crippen molar-refractivity contribution in [3.05, 3.63) is 47.6 Å². The van der Waals surface area contributed by atoms with E-state index in [0.717, 1.165) is 12.8 Å². The number of hydrogen-bond acceptors (Lipinski definition) is 10. The Morgan fingerprint density at radius 3 is 2.37 bits per heavy atom. The standard InChI is InChI=1S/C39H52O10/c1-19-33(46)39(21-7-10-34(19,2)11-8-21)37(47,13-14-40)32-28(49-39)18-38(48)23-16-26(43)30-29(20-5-6-24(41)25(42)15-20)31(45)27(44)17-35(30,3)22(23)9-12-36(32,38)4/h5-7,10,15-16,19,21-22,27-33,40-42,44-48H,8-9,11-14,17-18H2,1-4H3/t19-,21-,22+,27+,28+,29+,30-,31+,32+,33+,34+,35-,36-,37-,38-,39+/m1/s1. The van der Waals surface area contributed by atoms with E-state index in [1.54, 1.807) is 6.07 Å². The molecule has 7 aliphatic carbocycles. The molecule has 1 aliphatic heterocycles. The molecule has 1 aromatic rings. The van der Waals surface area contributed by atoms with Crippen molar-refractivity contribution in [2.75, 3.05) is 6.61 Å². The van der Waals surface area contributed by atoms with Crippen LogP contribution in [0.1, 0.15) is 84.1 Å². The second kappa shape index (κ2) is 10.4. The minimum Gasteiger partial charge on any atom is -0.504 e. The first-order valence-corrected chi connectivity index (χ1v) is 18.2. The van der Waals surface area contributed by atoms with E-state index >= 15 is 0 Å². The first-order valence-electron chi connectivity index (χ1n) is 18.2. The summed E-state index contributed by atoms with van der Waals surface area (Å²) in [5.74, 6) is -4.14. The fraction of sp³-hybridized carbons (Fsp3) is 0.718. The highest BCUT2D eigenvalue weighted by atomic mass is 16.6. The Hall–Kier alpha value is -2.31. The molecule has 8 N–H and O–H groups in total. The van der Waals surface area contributed by atoms with Crippen LogP contribution in [0.15, 0.2) is 42.0 Å². The Morgan fingerprint density at radius 1 is 0.980 bits per heavy atom.